The molecule has 0 bridgehead atoms. The molecule has 2 rings (SSSR count). The molecule has 0 aliphatic rings. The van der Waals surface area contributed by atoms with Crippen molar-refractivity contribution >= 4 is 41.7 Å². The molecule has 4 atom stereocenters. The Hall–Kier alpha value is -2.81. The van der Waals surface area contributed by atoms with Gasteiger partial charge in [0.2, 0.25) is 17.7 Å². The summed E-state index contributed by atoms with van der Waals surface area (Å²) in [6, 6.07) is 11.3. The lowest BCUT2D eigenvalue weighted by atomic mass is 9.96. The molecular weight excluding hydrogens is 527 g/mol. The summed E-state index contributed by atoms with van der Waals surface area (Å²) in [5, 5.41) is 18.8. The molecule has 6 N–H and O–H groups in total. The van der Waals surface area contributed by atoms with E-state index in [0.717, 1.165) is 11.1 Å². The van der Waals surface area contributed by atoms with Gasteiger partial charge < -0.3 is 26.8 Å². The zero-order valence-electron chi connectivity index (χ0n) is 22.4. The first kappa shape index (κ1) is 33.2. The first-order valence-corrected chi connectivity index (χ1v) is 13.1. The van der Waals surface area contributed by atoms with E-state index in [4.69, 9.17) is 17.3 Å². The zero-order valence-corrected chi connectivity index (χ0v) is 23.9. The Morgan fingerprint density at radius 1 is 0.895 bits per heavy atom. The molecule has 3 amide bonds. The number of phenolic OH excluding ortho intramolecular Hbond substituents is 1. The number of halogens is 2. The SMILES string of the molecule is CC[C@H](C)[C@H](NC(=O)[C@H](Cc1ccc(O)cc1)NC(=O)[C@@H](N)C(C)C)C(=O)NCCc1ccc(Cl)cc1.Cl. The van der Waals surface area contributed by atoms with Crippen LogP contribution >= 0.6 is 24.0 Å². The molecule has 0 aromatic heterocycles. The van der Waals surface area contributed by atoms with Gasteiger partial charge in [-0.05, 0) is 53.6 Å². The lowest BCUT2D eigenvalue weighted by molar-refractivity contribution is -0.133. The van der Waals surface area contributed by atoms with Crippen molar-refractivity contribution in [2.24, 2.45) is 17.6 Å². The van der Waals surface area contributed by atoms with Crippen LogP contribution in [0.15, 0.2) is 48.5 Å². The van der Waals surface area contributed by atoms with Crippen LogP contribution in [-0.2, 0) is 27.2 Å². The highest BCUT2D eigenvalue weighted by Gasteiger charge is 2.31. The molecule has 0 unspecified atom stereocenters. The fourth-order valence-electron chi connectivity index (χ4n) is 3.69. The van der Waals surface area contributed by atoms with Crippen LogP contribution in [0, 0.1) is 11.8 Å². The summed E-state index contributed by atoms with van der Waals surface area (Å²) >= 11 is 5.93. The third kappa shape index (κ3) is 10.5. The Morgan fingerprint density at radius 3 is 2.03 bits per heavy atom. The number of rotatable bonds is 13. The molecule has 8 nitrogen and oxygen atoms in total. The molecular formula is C28H40Cl2N4O4. The number of nitrogens with two attached hydrogens (primary N) is 1. The van der Waals surface area contributed by atoms with Gasteiger partial charge in [-0.25, -0.2) is 0 Å². The van der Waals surface area contributed by atoms with Gasteiger partial charge in [0.15, 0.2) is 0 Å². The van der Waals surface area contributed by atoms with Crippen LogP contribution in [0.25, 0.3) is 0 Å². The molecule has 0 saturated carbocycles. The van der Waals surface area contributed by atoms with Gasteiger partial charge in [-0.15, -0.1) is 12.4 Å². The summed E-state index contributed by atoms with van der Waals surface area (Å²) in [5.41, 5.74) is 7.78. The first-order chi connectivity index (χ1) is 17.5. The molecule has 0 aliphatic carbocycles. The maximum Gasteiger partial charge on any atom is 0.243 e. The minimum atomic E-state index is -0.949. The van der Waals surface area contributed by atoms with E-state index in [0.29, 0.717) is 24.4 Å². The molecule has 38 heavy (non-hydrogen) atoms. The second-order valence-corrected chi connectivity index (χ2v) is 10.2. The Balaban J connectivity index is 0.00000722. The molecule has 2 aromatic carbocycles. The van der Waals surface area contributed by atoms with Crippen molar-refractivity contribution in [3.05, 3.63) is 64.7 Å². The maximum absolute atomic E-state index is 13.4. The summed E-state index contributed by atoms with van der Waals surface area (Å²) in [4.78, 5) is 39.2. The van der Waals surface area contributed by atoms with Crippen LogP contribution in [0.5, 0.6) is 5.75 Å². The van der Waals surface area contributed by atoms with Gasteiger partial charge in [-0.2, -0.15) is 0 Å². The number of amides is 3. The van der Waals surface area contributed by atoms with Crippen molar-refractivity contribution in [1.29, 1.82) is 0 Å². The number of hydrogen-bond donors (Lipinski definition) is 5. The van der Waals surface area contributed by atoms with Gasteiger partial charge >= 0.3 is 0 Å². The van der Waals surface area contributed by atoms with Crippen LogP contribution in [0.2, 0.25) is 5.02 Å². The Kier molecular flexibility index (Phi) is 14.2. The van der Waals surface area contributed by atoms with E-state index in [1.807, 2.05) is 39.8 Å². The fourth-order valence-corrected chi connectivity index (χ4v) is 3.82. The molecule has 0 spiro atoms. The van der Waals surface area contributed by atoms with E-state index in [9.17, 15) is 19.5 Å². The predicted octanol–water partition coefficient (Wildman–Crippen LogP) is 3.37. The van der Waals surface area contributed by atoms with Gasteiger partial charge in [0, 0.05) is 18.0 Å². The average Bonchev–Trinajstić information content (AvgIpc) is 2.87. The average molecular weight is 568 g/mol. The second-order valence-electron chi connectivity index (χ2n) is 9.74. The third-order valence-electron chi connectivity index (χ3n) is 6.45. The van der Waals surface area contributed by atoms with E-state index >= 15 is 0 Å². The lowest BCUT2D eigenvalue weighted by Crippen LogP contribution is -2.58. The van der Waals surface area contributed by atoms with Crippen LogP contribution in [-0.4, -0.2) is 47.5 Å². The molecule has 0 fully saturated rings. The van der Waals surface area contributed by atoms with Crippen LogP contribution in [0.1, 0.15) is 45.2 Å². The number of benzene rings is 2. The Bertz CT molecular complexity index is 1030. The van der Waals surface area contributed by atoms with Crippen molar-refractivity contribution in [3.63, 3.8) is 0 Å². The van der Waals surface area contributed by atoms with Crippen LogP contribution < -0.4 is 21.7 Å². The van der Waals surface area contributed by atoms with Crippen molar-refractivity contribution < 1.29 is 19.5 Å². The quantitative estimate of drug-likeness (QED) is 0.253. The number of aromatic hydroxyl groups is 1. The summed E-state index contributed by atoms with van der Waals surface area (Å²) in [6.45, 7) is 7.90. The first-order valence-electron chi connectivity index (χ1n) is 12.7. The summed E-state index contributed by atoms with van der Waals surface area (Å²) < 4.78 is 0. The van der Waals surface area contributed by atoms with Crippen LogP contribution in [0.3, 0.4) is 0 Å². The summed E-state index contributed by atoms with van der Waals surface area (Å²) in [5.74, 6) is -1.36. The molecule has 0 saturated heterocycles. The highest BCUT2D eigenvalue weighted by atomic mass is 35.5. The maximum atomic E-state index is 13.4. The Labute approximate surface area is 236 Å². The van der Waals surface area contributed by atoms with Gasteiger partial charge in [0.05, 0.1) is 6.04 Å². The number of hydrogen-bond acceptors (Lipinski definition) is 5. The van der Waals surface area contributed by atoms with Crippen molar-refractivity contribution in [1.82, 2.24) is 16.0 Å². The van der Waals surface area contributed by atoms with Crippen molar-refractivity contribution in [2.75, 3.05) is 6.54 Å². The second kappa shape index (κ2) is 16.2. The van der Waals surface area contributed by atoms with E-state index in [1.165, 1.54) is 12.1 Å². The normalized spacial score (nSPS) is 14.0. The van der Waals surface area contributed by atoms with E-state index in [2.05, 4.69) is 16.0 Å². The zero-order chi connectivity index (χ0) is 27.5. The highest BCUT2D eigenvalue weighted by molar-refractivity contribution is 6.30. The van der Waals surface area contributed by atoms with Gasteiger partial charge in [-0.1, -0.05) is 70.0 Å². The summed E-state index contributed by atoms with van der Waals surface area (Å²) in [6.07, 6.45) is 1.47. The smallest absolute Gasteiger partial charge is 0.243 e. The van der Waals surface area contributed by atoms with Gasteiger partial charge in [-0.3, -0.25) is 14.4 Å². The number of phenols is 1. The largest absolute Gasteiger partial charge is 0.508 e. The predicted molar refractivity (Wildman–Crippen MR) is 153 cm³/mol. The molecule has 210 valence electrons. The van der Waals surface area contributed by atoms with Gasteiger partial charge in [0.1, 0.15) is 17.8 Å². The third-order valence-corrected chi connectivity index (χ3v) is 6.70. The lowest BCUT2D eigenvalue weighted by Gasteiger charge is -2.27. The highest BCUT2D eigenvalue weighted by Crippen LogP contribution is 2.14. The summed E-state index contributed by atoms with van der Waals surface area (Å²) in [7, 11) is 0. The van der Waals surface area contributed by atoms with E-state index < -0.39 is 29.9 Å². The van der Waals surface area contributed by atoms with Crippen molar-refractivity contribution in [3.8, 4) is 5.75 Å². The minimum Gasteiger partial charge on any atom is -0.508 e. The molecule has 2 aromatic rings. The standard InChI is InChI=1S/C28H39ClN4O4.ClH/c1-5-18(4)25(28(37)31-15-14-19-6-10-21(29)11-7-19)33-26(35)23(32-27(36)24(30)17(2)3)16-20-8-12-22(34)13-9-20;/h6-13,17-18,23-25,34H,5,14-16,30H2,1-4H3,(H,31,37)(H,32,36)(H,33,35);1H/t18-,23-,24-,25-;/m0./s1. The van der Waals surface area contributed by atoms with Gasteiger partial charge in [0.25, 0.3) is 0 Å². The number of carbonyl (C=O) groups is 3. The Morgan fingerprint density at radius 2 is 1.47 bits per heavy atom. The minimum absolute atomic E-state index is 0. The monoisotopic (exact) mass is 566 g/mol. The van der Waals surface area contributed by atoms with Crippen molar-refractivity contribution in [2.45, 2.75) is 65.1 Å². The molecule has 10 heteroatoms. The van der Waals surface area contributed by atoms with Crippen LogP contribution in [0.4, 0.5) is 0 Å². The van der Waals surface area contributed by atoms with E-state index in [-0.39, 0.29) is 42.3 Å². The van der Waals surface area contributed by atoms with E-state index in [1.54, 1.807) is 24.3 Å². The topological polar surface area (TPSA) is 134 Å². The molecule has 0 radical (unpaired) electrons. The number of nitrogens with one attached hydrogen (secondary N) is 3. The fraction of sp³-hybridized carbons (Fsp3) is 0.464. The molecule has 0 aliphatic heterocycles. The molecule has 0 heterocycles. The number of carbonyl (C=O) groups excluding carboxylic acids is 3.